The third-order valence-corrected chi connectivity index (χ3v) is 5.98. The number of para-hydroxylation sites is 2. The van der Waals surface area contributed by atoms with Crippen LogP contribution in [0.25, 0.3) is 0 Å². The Kier molecular flexibility index (Phi) is 8.13. The van der Waals surface area contributed by atoms with Crippen LogP contribution in [0.5, 0.6) is 5.75 Å². The average Bonchev–Trinajstić information content (AvgIpc) is 2.74. The average molecular weight is 390 g/mol. The Hall–Kier alpha value is -1.63. The summed E-state index contributed by atoms with van der Waals surface area (Å²) in [4.78, 5) is 17.6. The van der Waals surface area contributed by atoms with Crippen LogP contribution in [0.15, 0.2) is 24.3 Å². The Labute approximate surface area is 169 Å². The molecule has 156 valence electrons. The molecular formula is C22H35N3O3. The summed E-state index contributed by atoms with van der Waals surface area (Å²) >= 11 is 0. The van der Waals surface area contributed by atoms with E-state index in [2.05, 4.69) is 15.1 Å². The van der Waals surface area contributed by atoms with Gasteiger partial charge in [0, 0.05) is 13.1 Å². The Morgan fingerprint density at radius 3 is 2.64 bits per heavy atom. The second-order valence-corrected chi connectivity index (χ2v) is 7.82. The standard InChI is InChI=1S/C22H35N3O3/c1-3-28-21-7-5-4-6-20(21)23-22(26)18(2)25-12-9-19(10-13-25)8-11-24-14-16-27-17-15-24/h4-7,18-19H,3,8-17H2,1-2H3,(H,23,26). The highest BCUT2D eigenvalue weighted by Crippen LogP contribution is 2.26. The summed E-state index contributed by atoms with van der Waals surface area (Å²) < 4.78 is 11.0. The maximum absolute atomic E-state index is 12.8. The summed E-state index contributed by atoms with van der Waals surface area (Å²) in [7, 11) is 0. The van der Waals surface area contributed by atoms with Gasteiger partial charge in [0.2, 0.25) is 5.91 Å². The van der Waals surface area contributed by atoms with Crippen LogP contribution in [0.1, 0.15) is 33.1 Å². The summed E-state index contributed by atoms with van der Waals surface area (Å²) in [6.45, 7) is 11.6. The van der Waals surface area contributed by atoms with Crippen LogP contribution in [0.3, 0.4) is 0 Å². The van der Waals surface area contributed by atoms with Crippen molar-refractivity contribution in [2.75, 3.05) is 57.9 Å². The first-order valence-electron chi connectivity index (χ1n) is 10.7. The summed E-state index contributed by atoms with van der Waals surface area (Å²) in [6.07, 6.45) is 3.62. The molecular weight excluding hydrogens is 354 g/mol. The van der Waals surface area contributed by atoms with Crippen molar-refractivity contribution in [3.63, 3.8) is 0 Å². The molecule has 3 rings (SSSR count). The molecule has 28 heavy (non-hydrogen) atoms. The van der Waals surface area contributed by atoms with Crippen LogP contribution in [0.2, 0.25) is 0 Å². The Balaban J connectivity index is 1.43. The van der Waals surface area contributed by atoms with Crippen LogP contribution in [-0.4, -0.2) is 74.3 Å². The van der Waals surface area contributed by atoms with Crippen molar-refractivity contribution in [3.8, 4) is 5.75 Å². The zero-order valence-electron chi connectivity index (χ0n) is 17.4. The summed E-state index contributed by atoms with van der Waals surface area (Å²) in [5, 5.41) is 3.05. The number of amides is 1. The largest absolute Gasteiger partial charge is 0.492 e. The molecule has 0 radical (unpaired) electrons. The van der Waals surface area contributed by atoms with E-state index in [1.165, 1.54) is 25.8 Å². The number of carbonyl (C=O) groups excluding carboxylic acids is 1. The number of likely N-dealkylation sites (tertiary alicyclic amines) is 1. The van der Waals surface area contributed by atoms with Gasteiger partial charge in [0.1, 0.15) is 5.75 Å². The molecule has 2 fully saturated rings. The van der Waals surface area contributed by atoms with Gasteiger partial charge in [-0.15, -0.1) is 0 Å². The van der Waals surface area contributed by atoms with Crippen molar-refractivity contribution in [1.82, 2.24) is 9.80 Å². The van der Waals surface area contributed by atoms with Crippen molar-refractivity contribution < 1.29 is 14.3 Å². The van der Waals surface area contributed by atoms with Gasteiger partial charge in [-0.2, -0.15) is 0 Å². The highest BCUT2D eigenvalue weighted by molar-refractivity contribution is 5.95. The third kappa shape index (κ3) is 5.93. The molecule has 1 aromatic rings. The molecule has 0 aliphatic carbocycles. The first kappa shape index (κ1) is 21.1. The third-order valence-electron chi connectivity index (χ3n) is 5.98. The van der Waals surface area contributed by atoms with Gasteiger partial charge in [-0.1, -0.05) is 12.1 Å². The van der Waals surface area contributed by atoms with Gasteiger partial charge in [0.15, 0.2) is 0 Å². The monoisotopic (exact) mass is 389 g/mol. The second-order valence-electron chi connectivity index (χ2n) is 7.82. The number of anilines is 1. The fraction of sp³-hybridized carbons (Fsp3) is 0.682. The number of ether oxygens (including phenoxy) is 2. The number of nitrogens with zero attached hydrogens (tertiary/aromatic N) is 2. The minimum absolute atomic E-state index is 0.0407. The number of hydrogen-bond donors (Lipinski definition) is 1. The molecule has 1 aromatic carbocycles. The molecule has 1 atom stereocenters. The first-order chi connectivity index (χ1) is 13.7. The summed E-state index contributed by atoms with van der Waals surface area (Å²) in [5.41, 5.74) is 0.751. The second kappa shape index (κ2) is 10.8. The van der Waals surface area contributed by atoms with Crippen LogP contribution in [0, 0.1) is 5.92 Å². The SMILES string of the molecule is CCOc1ccccc1NC(=O)C(C)N1CCC(CCN2CCOCC2)CC1. The lowest BCUT2D eigenvalue weighted by atomic mass is 9.92. The molecule has 2 saturated heterocycles. The summed E-state index contributed by atoms with van der Waals surface area (Å²) in [5.74, 6) is 1.54. The zero-order chi connectivity index (χ0) is 19.8. The maximum Gasteiger partial charge on any atom is 0.241 e. The Morgan fingerprint density at radius 1 is 1.21 bits per heavy atom. The van der Waals surface area contributed by atoms with E-state index in [0.717, 1.165) is 56.7 Å². The minimum atomic E-state index is -0.130. The highest BCUT2D eigenvalue weighted by atomic mass is 16.5. The van der Waals surface area contributed by atoms with Gasteiger partial charge < -0.3 is 14.8 Å². The normalized spacial score (nSPS) is 20.6. The minimum Gasteiger partial charge on any atom is -0.492 e. The molecule has 2 aliphatic heterocycles. The van der Waals surface area contributed by atoms with Crippen LogP contribution in [-0.2, 0) is 9.53 Å². The molecule has 2 aliphatic rings. The number of benzene rings is 1. The molecule has 0 spiro atoms. The molecule has 1 N–H and O–H groups in total. The van der Waals surface area contributed by atoms with E-state index in [9.17, 15) is 4.79 Å². The van der Waals surface area contributed by atoms with Crippen LogP contribution in [0.4, 0.5) is 5.69 Å². The van der Waals surface area contributed by atoms with Crippen LogP contribution < -0.4 is 10.1 Å². The number of nitrogens with one attached hydrogen (secondary N) is 1. The number of rotatable bonds is 8. The predicted octanol–water partition coefficient (Wildman–Crippen LogP) is 2.85. The van der Waals surface area contributed by atoms with Crippen molar-refractivity contribution in [2.45, 2.75) is 39.2 Å². The number of hydrogen-bond acceptors (Lipinski definition) is 5. The molecule has 2 heterocycles. The van der Waals surface area contributed by atoms with E-state index in [4.69, 9.17) is 9.47 Å². The molecule has 0 saturated carbocycles. The van der Waals surface area contributed by atoms with E-state index in [-0.39, 0.29) is 11.9 Å². The molecule has 1 amide bonds. The number of carbonyl (C=O) groups is 1. The van der Waals surface area contributed by atoms with Gasteiger partial charge in [-0.3, -0.25) is 14.6 Å². The van der Waals surface area contributed by atoms with E-state index in [1.54, 1.807) is 0 Å². The quantitative estimate of drug-likeness (QED) is 0.741. The lowest BCUT2D eigenvalue weighted by molar-refractivity contribution is -0.121. The number of morpholine rings is 1. The van der Waals surface area contributed by atoms with E-state index < -0.39 is 0 Å². The topological polar surface area (TPSA) is 54.0 Å². The molecule has 0 bridgehead atoms. The van der Waals surface area contributed by atoms with Gasteiger partial charge in [-0.25, -0.2) is 0 Å². The Morgan fingerprint density at radius 2 is 1.93 bits per heavy atom. The van der Waals surface area contributed by atoms with Crippen molar-refractivity contribution >= 4 is 11.6 Å². The van der Waals surface area contributed by atoms with Crippen molar-refractivity contribution in [2.24, 2.45) is 5.92 Å². The van der Waals surface area contributed by atoms with Gasteiger partial charge in [-0.05, 0) is 70.8 Å². The van der Waals surface area contributed by atoms with Gasteiger partial charge >= 0.3 is 0 Å². The van der Waals surface area contributed by atoms with E-state index in [1.807, 2.05) is 38.1 Å². The van der Waals surface area contributed by atoms with Gasteiger partial charge in [0.25, 0.3) is 0 Å². The summed E-state index contributed by atoms with van der Waals surface area (Å²) in [6, 6.07) is 7.50. The fourth-order valence-corrected chi connectivity index (χ4v) is 4.07. The smallest absolute Gasteiger partial charge is 0.241 e. The van der Waals surface area contributed by atoms with E-state index in [0.29, 0.717) is 6.61 Å². The van der Waals surface area contributed by atoms with Crippen LogP contribution >= 0.6 is 0 Å². The zero-order valence-corrected chi connectivity index (χ0v) is 17.4. The van der Waals surface area contributed by atoms with E-state index >= 15 is 0 Å². The maximum atomic E-state index is 12.8. The highest BCUT2D eigenvalue weighted by Gasteiger charge is 2.27. The predicted molar refractivity (Wildman–Crippen MR) is 112 cm³/mol. The molecule has 6 nitrogen and oxygen atoms in total. The lowest BCUT2D eigenvalue weighted by Gasteiger charge is -2.36. The van der Waals surface area contributed by atoms with Crippen molar-refractivity contribution in [1.29, 1.82) is 0 Å². The van der Waals surface area contributed by atoms with Crippen molar-refractivity contribution in [3.05, 3.63) is 24.3 Å². The fourth-order valence-electron chi connectivity index (χ4n) is 4.07. The Bertz CT molecular complexity index is 611. The van der Waals surface area contributed by atoms with Gasteiger partial charge in [0.05, 0.1) is 31.5 Å². The molecule has 0 aromatic heterocycles. The molecule has 1 unspecified atom stereocenters. The lowest BCUT2D eigenvalue weighted by Crippen LogP contribution is -2.46. The molecule has 6 heteroatoms. The number of piperidine rings is 1. The first-order valence-corrected chi connectivity index (χ1v) is 10.7.